The van der Waals surface area contributed by atoms with Crippen molar-refractivity contribution < 1.29 is 9.47 Å². The van der Waals surface area contributed by atoms with Crippen molar-refractivity contribution in [2.24, 2.45) is 17.8 Å². The number of hydrogen-bond donors (Lipinski definition) is 1. The van der Waals surface area contributed by atoms with Crippen LogP contribution in [0.15, 0.2) is 12.7 Å². The smallest absolute Gasteiger partial charge is 0.139 e. The van der Waals surface area contributed by atoms with Crippen LogP contribution >= 0.6 is 0 Å². The van der Waals surface area contributed by atoms with Crippen LogP contribution in [0.3, 0.4) is 0 Å². The summed E-state index contributed by atoms with van der Waals surface area (Å²) >= 11 is 0. The van der Waals surface area contributed by atoms with Crippen LogP contribution in [0.1, 0.15) is 96.8 Å². The van der Waals surface area contributed by atoms with Gasteiger partial charge in [-0.3, -0.25) is 5.32 Å². The molecule has 3 fully saturated rings. The highest BCUT2D eigenvalue weighted by Gasteiger charge is 2.35. The average molecular weight is 392 g/mol. The van der Waals surface area contributed by atoms with Crippen molar-refractivity contribution in [3.8, 4) is 0 Å². The topological polar surface area (TPSA) is 33.8 Å². The lowest BCUT2D eigenvalue weighted by Gasteiger charge is -2.32. The van der Waals surface area contributed by atoms with Crippen LogP contribution in [0.4, 0.5) is 0 Å². The minimum Gasteiger partial charge on any atom is -0.377 e. The van der Waals surface area contributed by atoms with Gasteiger partial charge in [0.1, 0.15) is 12.3 Å². The molecule has 2 unspecified atom stereocenters. The summed E-state index contributed by atoms with van der Waals surface area (Å²) in [5.41, 5.74) is 0. The normalized spacial score (nSPS) is 35.6. The molecule has 0 aromatic rings. The second kappa shape index (κ2) is 12.3. The Morgan fingerprint density at radius 1 is 0.893 bits per heavy atom. The van der Waals surface area contributed by atoms with Gasteiger partial charge in [-0.2, -0.15) is 0 Å². The molecule has 3 rings (SSSR count). The van der Waals surface area contributed by atoms with E-state index >= 15 is 0 Å². The minimum absolute atomic E-state index is 0.184. The lowest BCUT2D eigenvalue weighted by molar-refractivity contribution is 0.0173. The van der Waals surface area contributed by atoms with E-state index in [9.17, 15) is 0 Å². The Hall–Kier alpha value is -0.380. The SMILES string of the molecule is C=CC1OC1NCCOC1CCC(CCC2CCC(CCCCC)CC2)CC1. The molecule has 0 radical (unpaired) electrons. The fourth-order valence-electron chi connectivity index (χ4n) is 5.44. The third kappa shape index (κ3) is 7.80. The van der Waals surface area contributed by atoms with E-state index in [0.29, 0.717) is 6.10 Å². The number of ether oxygens (including phenoxy) is 2. The van der Waals surface area contributed by atoms with E-state index in [-0.39, 0.29) is 12.3 Å². The van der Waals surface area contributed by atoms with Crippen molar-refractivity contribution in [3.05, 3.63) is 12.7 Å². The number of unbranched alkanes of at least 4 members (excludes halogenated alkanes) is 2. The zero-order chi connectivity index (χ0) is 19.6. The summed E-state index contributed by atoms with van der Waals surface area (Å²) in [4.78, 5) is 0. The quantitative estimate of drug-likeness (QED) is 0.229. The predicted molar refractivity (Wildman–Crippen MR) is 117 cm³/mol. The molecule has 1 saturated heterocycles. The first-order valence-electron chi connectivity index (χ1n) is 12.4. The molecule has 0 amide bonds. The second-order valence-electron chi connectivity index (χ2n) is 9.68. The highest BCUT2D eigenvalue weighted by atomic mass is 16.6. The molecule has 2 saturated carbocycles. The highest BCUT2D eigenvalue weighted by Crippen LogP contribution is 2.37. The standard InChI is InChI=1S/C25H45NO2/c1-3-5-6-7-20-8-10-21(11-9-20)12-13-22-14-16-23(17-15-22)27-19-18-26-25-24(4-2)28-25/h4,20-26H,2-3,5-19H2,1H3. The molecule has 0 bridgehead atoms. The molecular formula is C25H45NO2. The van der Waals surface area contributed by atoms with Gasteiger partial charge in [-0.15, -0.1) is 6.58 Å². The van der Waals surface area contributed by atoms with Crippen LogP contribution in [0.25, 0.3) is 0 Å². The van der Waals surface area contributed by atoms with Crippen LogP contribution in [-0.4, -0.2) is 31.6 Å². The van der Waals surface area contributed by atoms with Gasteiger partial charge < -0.3 is 9.47 Å². The Bertz CT molecular complexity index is 424. The highest BCUT2D eigenvalue weighted by molar-refractivity contribution is 4.96. The first-order valence-corrected chi connectivity index (χ1v) is 12.4. The summed E-state index contributed by atoms with van der Waals surface area (Å²) < 4.78 is 11.5. The zero-order valence-corrected chi connectivity index (χ0v) is 18.4. The van der Waals surface area contributed by atoms with E-state index in [0.717, 1.165) is 30.9 Å². The Balaban J connectivity index is 1.16. The molecule has 0 aromatic carbocycles. The van der Waals surface area contributed by atoms with Crippen molar-refractivity contribution in [2.75, 3.05) is 13.2 Å². The lowest BCUT2D eigenvalue weighted by atomic mass is 9.76. The van der Waals surface area contributed by atoms with Gasteiger partial charge in [0.05, 0.1) is 12.7 Å². The molecule has 0 aromatic heterocycles. The Labute approximate surface area is 174 Å². The Morgan fingerprint density at radius 2 is 1.50 bits per heavy atom. The molecule has 2 aliphatic carbocycles. The van der Waals surface area contributed by atoms with Gasteiger partial charge in [0.2, 0.25) is 0 Å². The van der Waals surface area contributed by atoms with Gasteiger partial charge in [0.25, 0.3) is 0 Å². The van der Waals surface area contributed by atoms with Crippen molar-refractivity contribution in [1.82, 2.24) is 5.32 Å². The van der Waals surface area contributed by atoms with Crippen LogP contribution in [0.2, 0.25) is 0 Å². The Morgan fingerprint density at radius 3 is 2.07 bits per heavy atom. The maximum absolute atomic E-state index is 6.08. The maximum atomic E-state index is 6.08. The van der Waals surface area contributed by atoms with Crippen LogP contribution in [0.5, 0.6) is 0 Å². The summed E-state index contributed by atoms with van der Waals surface area (Å²) in [5.74, 6) is 3.05. The van der Waals surface area contributed by atoms with E-state index in [4.69, 9.17) is 9.47 Å². The molecule has 1 heterocycles. The van der Waals surface area contributed by atoms with Gasteiger partial charge in [0, 0.05) is 6.54 Å². The molecule has 1 aliphatic heterocycles. The zero-order valence-electron chi connectivity index (χ0n) is 18.4. The molecule has 1 N–H and O–H groups in total. The van der Waals surface area contributed by atoms with E-state index in [1.165, 1.54) is 89.9 Å². The summed E-state index contributed by atoms with van der Waals surface area (Å²) in [6, 6.07) is 0. The van der Waals surface area contributed by atoms with Crippen molar-refractivity contribution in [1.29, 1.82) is 0 Å². The van der Waals surface area contributed by atoms with E-state index in [1.54, 1.807) is 0 Å². The number of nitrogens with one attached hydrogen (secondary N) is 1. The van der Waals surface area contributed by atoms with Crippen molar-refractivity contribution in [2.45, 2.75) is 115 Å². The number of rotatable bonds is 13. The fraction of sp³-hybridized carbons (Fsp3) is 0.920. The van der Waals surface area contributed by atoms with E-state index < -0.39 is 0 Å². The first kappa shape index (κ1) is 22.3. The van der Waals surface area contributed by atoms with Gasteiger partial charge in [0.15, 0.2) is 0 Å². The molecule has 2 atom stereocenters. The molecule has 0 spiro atoms. The monoisotopic (exact) mass is 391 g/mol. The van der Waals surface area contributed by atoms with Gasteiger partial charge >= 0.3 is 0 Å². The van der Waals surface area contributed by atoms with Crippen LogP contribution in [0, 0.1) is 17.8 Å². The molecule has 3 heteroatoms. The lowest BCUT2D eigenvalue weighted by Crippen LogP contribution is -2.28. The molecule has 162 valence electrons. The fourth-order valence-corrected chi connectivity index (χ4v) is 5.44. The maximum Gasteiger partial charge on any atom is 0.139 e. The molecule has 3 aliphatic rings. The minimum atomic E-state index is 0.184. The number of hydrogen-bond acceptors (Lipinski definition) is 3. The number of epoxide rings is 1. The van der Waals surface area contributed by atoms with Gasteiger partial charge in [-0.05, 0) is 43.4 Å². The second-order valence-corrected chi connectivity index (χ2v) is 9.68. The first-order chi connectivity index (χ1) is 13.8. The summed E-state index contributed by atoms with van der Waals surface area (Å²) in [6.45, 7) is 7.75. The largest absolute Gasteiger partial charge is 0.377 e. The average Bonchev–Trinajstić information content (AvgIpc) is 3.50. The third-order valence-electron chi connectivity index (χ3n) is 7.52. The Kier molecular flexibility index (Phi) is 9.84. The third-order valence-corrected chi connectivity index (χ3v) is 7.52. The van der Waals surface area contributed by atoms with E-state index in [1.807, 2.05) is 6.08 Å². The molecule has 28 heavy (non-hydrogen) atoms. The van der Waals surface area contributed by atoms with Crippen molar-refractivity contribution >= 4 is 0 Å². The predicted octanol–water partition coefficient (Wildman–Crippen LogP) is 6.23. The van der Waals surface area contributed by atoms with Crippen molar-refractivity contribution in [3.63, 3.8) is 0 Å². The molecule has 3 nitrogen and oxygen atoms in total. The van der Waals surface area contributed by atoms with Crippen LogP contribution < -0.4 is 5.32 Å². The van der Waals surface area contributed by atoms with E-state index in [2.05, 4.69) is 18.8 Å². The summed E-state index contributed by atoms with van der Waals surface area (Å²) in [5, 5.41) is 3.36. The molecular weight excluding hydrogens is 346 g/mol. The van der Waals surface area contributed by atoms with Crippen LogP contribution in [-0.2, 0) is 9.47 Å². The van der Waals surface area contributed by atoms with Gasteiger partial charge in [-0.25, -0.2) is 0 Å². The van der Waals surface area contributed by atoms with Gasteiger partial charge in [-0.1, -0.05) is 77.2 Å². The summed E-state index contributed by atoms with van der Waals surface area (Å²) in [7, 11) is 0. The summed E-state index contributed by atoms with van der Waals surface area (Å²) in [6.07, 6.45) is 22.9.